The molecule has 0 saturated heterocycles. The lowest BCUT2D eigenvalue weighted by Gasteiger charge is -2.23. The molecule has 3 heterocycles. The highest BCUT2D eigenvalue weighted by Crippen LogP contribution is 2.37. The highest BCUT2D eigenvalue weighted by Gasteiger charge is 2.40. The molecule has 0 fully saturated rings. The van der Waals surface area contributed by atoms with Gasteiger partial charge in [-0.2, -0.15) is 23.5 Å². The third-order valence-electron chi connectivity index (χ3n) is 5.17. The molecule has 8 nitrogen and oxygen atoms in total. The number of benzene rings is 1. The SMILES string of the molecule is COc1c(C#N)ccc(OC(C)C(F)(F)F)c1C(=O)N1Cc2cn(-c3ccccn3)nc2C1. The molecule has 0 spiro atoms. The van der Waals surface area contributed by atoms with E-state index in [9.17, 15) is 23.2 Å². The van der Waals surface area contributed by atoms with E-state index in [0.29, 0.717) is 11.5 Å². The maximum atomic E-state index is 13.4. The van der Waals surface area contributed by atoms with E-state index in [0.717, 1.165) is 12.5 Å². The Bertz CT molecular complexity index is 1210. The molecule has 0 N–H and O–H groups in total. The first-order chi connectivity index (χ1) is 15.7. The summed E-state index contributed by atoms with van der Waals surface area (Å²) in [5.41, 5.74) is 1.17. The molecule has 1 atom stereocenters. The molecular formula is C22H18F3N5O3. The minimum Gasteiger partial charge on any atom is -0.494 e. The van der Waals surface area contributed by atoms with Gasteiger partial charge in [0.1, 0.15) is 17.4 Å². The molecule has 4 rings (SSSR count). The van der Waals surface area contributed by atoms with Crippen LogP contribution in [-0.2, 0) is 13.1 Å². The van der Waals surface area contributed by atoms with Gasteiger partial charge < -0.3 is 14.4 Å². The minimum absolute atomic E-state index is 0.00476. The van der Waals surface area contributed by atoms with Crippen molar-refractivity contribution in [3.8, 4) is 23.4 Å². The number of aromatic nitrogens is 3. The number of nitriles is 1. The summed E-state index contributed by atoms with van der Waals surface area (Å²) in [7, 11) is 1.24. The van der Waals surface area contributed by atoms with Gasteiger partial charge in [0.25, 0.3) is 5.91 Å². The van der Waals surface area contributed by atoms with Crippen molar-refractivity contribution >= 4 is 5.91 Å². The van der Waals surface area contributed by atoms with Crippen molar-refractivity contribution in [1.29, 1.82) is 5.26 Å². The molecule has 1 aromatic carbocycles. The molecule has 11 heteroatoms. The topological polar surface area (TPSA) is 93.3 Å². The number of alkyl halides is 3. The molecule has 3 aromatic rings. The molecule has 33 heavy (non-hydrogen) atoms. The van der Waals surface area contributed by atoms with Gasteiger partial charge in [-0.1, -0.05) is 6.07 Å². The number of carbonyl (C=O) groups is 1. The lowest BCUT2D eigenvalue weighted by molar-refractivity contribution is -0.189. The maximum Gasteiger partial charge on any atom is 0.425 e. The second kappa shape index (κ2) is 8.46. The van der Waals surface area contributed by atoms with E-state index >= 15 is 0 Å². The number of pyridine rings is 1. The minimum atomic E-state index is -4.64. The third kappa shape index (κ3) is 4.19. The normalized spacial score (nSPS) is 13.9. The average Bonchev–Trinajstić information content (AvgIpc) is 3.37. The summed E-state index contributed by atoms with van der Waals surface area (Å²) in [4.78, 5) is 19.0. The highest BCUT2D eigenvalue weighted by molar-refractivity contribution is 6.00. The van der Waals surface area contributed by atoms with Crippen LogP contribution in [0.5, 0.6) is 11.5 Å². The van der Waals surface area contributed by atoms with E-state index in [-0.39, 0.29) is 35.7 Å². The number of methoxy groups -OCH3 is 1. The van der Waals surface area contributed by atoms with Crippen LogP contribution in [0.1, 0.15) is 34.1 Å². The Morgan fingerprint density at radius 3 is 2.64 bits per heavy atom. The number of hydrogen-bond donors (Lipinski definition) is 0. The molecule has 1 aliphatic heterocycles. The Hall–Kier alpha value is -4.07. The van der Waals surface area contributed by atoms with Gasteiger partial charge in [0, 0.05) is 24.5 Å². The van der Waals surface area contributed by atoms with Crippen LogP contribution in [0.15, 0.2) is 42.7 Å². The zero-order valence-electron chi connectivity index (χ0n) is 17.6. The molecule has 170 valence electrons. The summed E-state index contributed by atoms with van der Waals surface area (Å²) in [6.45, 7) is 1.14. The van der Waals surface area contributed by atoms with Gasteiger partial charge in [0.2, 0.25) is 0 Å². The van der Waals surface area contributed by atoms with Gasteiger partial charge in [-0.3, -0.25) is 4.79 Å². The summed E-state index contributed by atoms with van der Waals surface area (Å²) in [5.74, 6) is -0.470. The summed E-state index contributed by atoms with van der Waals surface area (Å²) < 4.78 is 51.2. The standard InChI is InChI=1S/C22H18F3N5O3/c1-13(22(23,24)25)33-17-7-6-14(9-26)20(32-2)19(17)21(31)29-10-15-11-30(28-16(15)12-29)18-5-3-4-8-27-18/h3-8,11,13H,10,12H2,1-2H3. The van der Waals surface area contributed by atoms with Gasteiger partial charge in [-0.25, -0.2) is 9.67 Å². The monoisotopic (exact) mass is 457 g/mol. The molecule has 0 bridgehead atoms. The summed E-state index contributed by atoms with van der Waals surface area (Å²) in [5, 5.41) is 13.8. The van der Waals surface area contributed by atoms with E-state index in [1.165, 1.54) is 24.1 Å². The largest absolute Gasteiger partial charge is 0.494 e. The van der Waals surface area contributed by atoms with E-state index in [1.807, 2.05) is 12.1 Å². The van der Waals surface area contributed by atoms with Crippen molar-refractivity contribution in [2.45, 2.75) is 32.3 Å². The molecule has 2 aromatic heterocycles. The van der Waals surface area contributed by atoms with Gasteiger partial charge in [0.05, 0.1) is 24.9 Å². The molecule has 0 aliphatic carbocycles. The third-order valence-corrected chi connectivity index (χ3v) is 5.17. The number of hydrogen-bond acceptors (Lipinski definition) is 6. The number of carbonyl (C=O) groups excluding carboxylic acids is 1. The van der Waals surface area contributed by atoms with E-state index in [1.54, 1.807) is 29.2 Å². The van der Waals surface area contributed by atoms with Crippen LogP contribution in [0.25, 0.3) is 5.82 Å². The van der Waals surface area contributed by atoms with E-state index < -0.39 is 18.2 Å². The molecular weight excluding hydrogens is 439 g/mol. The van der Waals surface area contributed by atoms with Gasteiger partial charge in [0.15, 0.2) is 17.7 Å². The summed E-state index contributed by atoms with van der Waals surface area (Å²) in [6.07, 6.45) is -3.42. The second-order valence-corrected chi connectivity index (χ2v) is 7.33. The second-order valence-electron chi connectivity index (χ2n) is 7.33. The Kier molecular flexibility index (Phi) is 5.68. The smallest absolute Gasteiger partial charge is 0.425 e. The number of nitrogens with zero attached hydrogens (tertiary/aromatic N) is 5. The molecule has 0 radical (unpaired) electrons. The molecule has 0 saturated carbocycles. The lowest BCUT2D eigenvalue weighted by Crippen LogP contribution is -2.33. The van der Waals surface area contributed by atoms with Gasteiger partial charge in [-0.15, -0.1) is 0 Å². The number of halogens is 3. The van der Waals surface area contributed by atoms with Crippen molar-refractivity contribution in [3.05, 3.63) is 65.1 Å². The number of rotatable bonds is 5. The van der Waals surface area contributed by atoms with Crippen LogP contribution in [0.2, 0.25) is 0 Å². The van der Waals surface area contributed by atoms with Crippen LogP contribution < -0.4 is 9.47 Å². The fourth-order valence-electron chi connectivity index (χ4n) is 3.48. The summed E-state index contributed by atoms with van der Waals surface area (Å²) in [6, 6.07) is 9.70. The van der Waals surface area contributed by atoms with Crippen LogP contribution in [-0.4, -0.2) is 45.0 Å². The van der Waals surface area contributed by atoms with Crippen LogP contribution in [0.4, 0.5) is 13.2 Å². The van der Waals surface area contributed by atoms with Crippen molar-refractivity contribution in [1.82, 2.24) is 19.7 Å². The summed E-state index contributed by atoms with van der Waals surface area (Å²) >= 11 is 0. The highest BCUT2D eigenvalue weighted by atomic mass is 19.4. The zero-order chi connectivity index (χ0) is 23.8. The molecule has 1 amide bonds. The first-order valence-electron chi connectivity index (χ1n) is 9.85. The van der Waals surface area contributed by atoms with Crippen molar-refractivity contribution in [2.24, 2.45) is 0 Å². The average molecular weight is 457 g/mol. The van der Waals surface area contributed by atoms with Crippen molar-refractivity contribution in [2.75, 3.05) is 7.11 Å². The van der Waals surface area contributed by atoms with E-state index in [2.05, 4.69) is 10.1 Å². The molecule has 1 aliphatic rings. The zero-order valence-corrected chi connectivity index (χ0v) is 17.6. The number of fused-ring (bicyclic) bond motifs is 1. The Balaban J connectivity index is 1.65. The number of amides is 1. The van der Waals surface area contributed by atoms with Gasteiger partial charge in [-0.05, 0) is 31.2 Å². The Morgan fingerprint density at radius 2 is 2.03 bits per heavy atom. The first kappa shape index (κ1) is 22.1. The van der Waals surface area contributed by atoms with Crippen molar-refractivity contribution < 1.29 is 27.4 Å². The lowest BCUT2D eigenvalue weighted by atomic mass is 10.1. The van der Waals surface area contributed by atoms with E-state index in [4.69, 9.17) is 9.47 Å². The van der Waals surface area contributed by atoms with Crippen LogP contribution >= 0.6 is 0 Å². The van der Waals surface area contributed by atoms with Gasteiger partial charge >= 0.3 is 6.18 Å². The van der Waals surface area contributed by atoms with Crippen LogP contribution in [0.3, 0.4) is 0 Å². The Morgan fingerprint density at radius 1 is 1.24 bits per heavy atom. The fraction of sp³-hybridized carbons (Fsp3) is 0.273. The van der Waals surface area contributed by atoms with Crippen LogP contribution in [0, 0.1) is 11.3 Å². The fourth-order valence-corrected chi connectivity index (χ4v) is 3.48. The first-order valence-corrected chi connectivity index (χ1v) is 9.85. The maximum absolute atomic E-state index is 13.4. The predicted octanol–water partition coefficient (Wildman–Crippen LogP) is 3.63. The predicted molar refractivity (Wildman–Crippen MR) is 109 cm³/mol. The molecule has 1 unspecified atom stereocenters. The number of ether oxygens (including phenoxy) is 2. The quantitative estimate of drug-likeness (QED) is 0.581. The van der Waals surface area contributed by atoms with Crippen molar-refractivity contribution in [3.63, 3.8) is 0 Å². The Labute approximate surface area is 186 Å².